The van der Waals surface area contributed by atoms with E-state index >= 15 is 0 Å². The minimum Gasteiger partial charge on any atom is -0.491 e. The molecule has 0 radical (unpaired) electrons. The number of aromatic amines is 1. The summed E-state index contributed by atoms with van der Waals surface area (Å²) in [5.74, 6) is -2.43. The molecule has 2 aromatic carbocycles. The van der Waals surface area contributed by atoms with E-state index in [-0.39, 0.29) is 29.0 Å². The number of sulfonamides is 1. The molecular weight excluding hydrogens is 529 g/mol. The molecule has 0 fully saturated rings. The van der Waals surface area contributed by atoms with Crippen LogP contribution in [0.2, 0.25) is 0 Å². The molecule has 2 heterocycles. The van der Waals surface area contributed by atoms with Crippen molar-refractivity contribution in [2.45, 2.75) is 44.0 Å². The number of nitrogens with one attached hydrogen (secondary N) is 2. The molecule has 10 nitrogen and oxygen atoms in total. The normalized spacial score (nSPS) is 13.7. The third-order valence-electron chi connectivity index (χ3n) is 5.23. The number of benzene rings is 2. The number of aromatic nitrogens is 2. The van der Waals surface area contributed by atoms with Crippen molar-refractivity contribution >= 4 is 27.6 Å². The van der Waals surface area contributed by atoms with Gasteiger partial charge in [-0.3, -0.25) is 9.89 Å². The average molecular weight is 555 g/mol. The van der Waals surface area contributed by atoms with E-state index in [1.165, 1.54) is 16.4 Å². The summed E-state index contributed by atoms with van der Waals surface area (Å²) in [5.41, 5.74) is 2.69. The lowest BCUT2D eigenvalue weighted by molar-refractivity contribution is -0.192. The van der Waals surface area contributed by atoms with E-state index in [4.69, 9.17) is 14.6 Å². The summed E-state index contributed by atoms with van der Waals surface area (Å²) in [4.78, 5) is 21.7. The largest absolute Gasteiger partial charge is 0.491 e. The predicted molar refractivity (Wildman–Crippen MR) is 130 cm³/mol. The number of carbonyl (C=O) groups excluding carboxylic acids is 1. The Kier molecular flexibility index (Phi) is 8.78. The van der Waals surface area contributed by atoms with Gasteiger partial charge >= 0.3 is 12.1 Å². The molecule has 204 valence electrons. The molecule has 0 bridgehead atoms. The number of fused-ring (bicyclic) bond motifs is 1. The minimum atomic E-state index is -5.08. The smallest absolute Gasteiger partial charge is 0.490 e. The molecule has 4 rings (SSSR count). The summed E-state index contributed by atoms with van der Waals surface area (Å²) in [5, 5.41) is 16.8. The van der Waals surface area contributed by atoms with Crippen molar-refractivity contribution in [2.24, 2.45) is 0 Å². The zero-order valence-corrected chi connectivity index (χ0v) is 21.1. The SMILES string of the molecule is CC(C)Oc1ccc(NC(=O)c2cccc(S(=O)(=O)N3CCc4[nH]ncc4C3)c2)cc1.O=C(O)C(F)(F)F. The molecular formula is C24H25F3N4O6S. The van der Waals surface area contributed by atoms with Gasteiger partial charge in [0, 0.05) is 42.0 Å². The first-order valence-electron chi connectivity index (χ1n) is 11.3. The number of halogens is 3. The van der Waals surface area contributed by atoms with Gasteiger partial charge in [-0.05, 0) is 56.3 Å². The maximum Gasteiger partial charge on any atom is 0.490 e. The van der Waals surface area contributed by atoms with Crippen molar-refractivity contribution in [1.29, 1.82) is 0 Å². The topological polar surface area (TPSA) is 142 Å². The summed E-state index contributed by atoms with van der Waals surface area (Å²) in [6.45, 7) is 4.50. The van der Waals surface area contributed by atoms with Gasteiger partial charge in [-0.25, -0.2) is 13.2 Å². The average Bonchev–Trinajstić information content (AvgIpc) is 3.33. The van der Waals surface area contributed by atoms with Crippen LogP contribution >= 0.6 is 0 Å². The standard InChI is InChI=1S/C22H24N4O4S.C2HF3O2/c1-15(2)30-19-8-6-18(7-9-19)24-22(27)16-4-3-5-20(12-16)31(28,29)26-11-10-21-17(14-26)13-23-25-21;3-2(4,5)1(6)7/h3-9,12-13,15H,10-11,14H2,1-2H3,(H,23,25)(H,24,27);(H,6,7). The molecule has 3 N–H and O–H groups in total. The Morgan fingerprint density at radius 1 is 1.16 bits per heavy atom. The number of ether oxygens (including phenoxy) is 1. The Morgan fingerprint density at radius 2 is 1.82 bits per heavy atom. The molecule has 1 aliphatic rings. The zero-order valence-electron chi connectivity index (χ0n) is 20.3. The van der Waals surface area contributed by atoms with Gasteiger partial charge in [0.15, 0.2) is 0 Å². The summed E-state index contributed by atoms with van der Waals surface area (Å²) in [6.07, 6.45) is -2.80. The number of alkyl halides is 3. The molecule has 14 heteroatoms. The number of H-pyrrole nitrogens is 1. The van der Waals surface area contributed by atoms with Crippen LogP contribution in [-0.4, -0.2) is 58.7 Å². The zero-order chi connectivity index (χ0) is 28.1. The molecule has 3 aromatic rings. The Labute approximate surface area is 216 Å². The summed E-state index contributed by atoms with van der Waals surface area (Å²) in [6, 6.07) is 13.1. The first kappa shape index (κ1) is 28.7. The van der Waals surface area contributed by atoms with E-state index in [9.17, 15) is 26.4 Å². The highest BCUT2D eigenvalue weighted by Crippen LogP contribution is 2.25. The molecule has 1 aliphatic heterocycles. The van der Waals surface area contributed by atoms with Crippen LogP contribution in [-0.2, 0) is 27.8 Å². The third kappa shape index (κ3) is 7.32. The number of aliphatic carboxylic acids is 1. The van der Waals surface area contributed by atoms with Crippen LogP contribution in [0, 0.1) is 0 Å². The van der Waals surface area contributed by atoms with E-state index in [1.54, 1.807) is 42.6 Å². The molecule has 0 unspecified atom stereocenters. The minimum absolute atomic E-state index is 0.0603. The van der Waals surface area contributed by atoms with E-state index in [0.29, 0.717) is 24.4 Å². The molecule has 1 amide bonds. The molecule has 1 aromatic heterocycles. The second-order valence-electron chi connectivity index (χ2n) is 8.44. The van der Waals surface area contributed by atoms with Crippen molar-refractivity contribution in [3.63, 3.8) is 0 Å². The van der Waals surface area contributed by atoms with Gasteiger partial charge in [-0.2, -0.15) is 22.6 Å². The predicted octanol–water partition coefficient (Wildman–Crippen LogP) is 3.83. The summed E-state index contributed by atoms with van der Waals surface area (Å²) < 4.78 is 65.0. The highest BCUT2D eigenvalue weighted by atomic mass is 32.2. The number of hydrogen-bond acceptors (Lipinski definition) is 6. The molecule has 0 saturated heterocycles. The highest BCUT2D eigenvalue weighted by molar-refractivity contribution is 7.89. The van der Waals surface area contributed by atoms with Crippen LogP contribution in [0.5, 0.6) is 5.75 Å². The van der Waals surface area contributed by atoms with Gasteiger partial charge in [0.25, 0.3) is 5.91 Å². The fourth-order valence-corrected chi connectivity index (χ4v) is 4.91. The van der Waals surface area contributed by atoms with E-state index < -0.39 is 22.2 Å². The number of nitrogens with zero attached hydrogens (tertiary/aromatic N) is 2. The molecule has 0 atom stereocenters. The maximum absolute atomic E-state index is 13.1. The fraction of sp³-hybridized carbons (Fsp3) is 0.292. The lowest BCUT2D eigenvalue weighted by Gasteiger charge is -2.25. The lowest BCUT2D eigenvalue weighted by atomic mass is 10.1. The van der Waals surface area contributed by atoms with E-state index in [1.807, 2.05) is 13.8 Å². The molecule has 38 heavy (non-hydrogen) atoms. The van der Waals surface area contributed by atoms with E-state index in [2.05, 4.69) is 15.5 Å². The van der Waals surface area contributed by atoms with Crippen molar-refractivity contribution in [2.75, 3.05) is 11.9 Å². The van der Waals surface area contributed by atoms with Crippen molar-refractivity contribution in [1.82, 2.24) is 14.5 Å². The van der Waals surface area contributed by atoms with Crippen molar-refractivity contribution in [3.8, 4) is 5.75 Å². The number of amides is 1. The van der Waals surface area contributed by atoms with Gasteiger partial charge in [-0.1, -0.05) is 6.07 Å². The van der Waals surface area contributed by atoms with Crippen LogP contribution in [0.1, 0.15) is 35.5 Å². The van der Waals surface area contributed by atoms with Gasteiger partial charge in [-0.15, -0.1) is 0 Å². The van der Waals surface area contributed by atoms with Crippen LogP contribution in [0.15, 0.2) is 59.6 Å². The van der Waals surface area contributed by atoms with Crippen LogP contribution < -0.4 is 10.1 Å². The first-order valence-corrected chi connectivity index (χ1v) is 12.7. The lowest BCUT2D eigenvalue weighted by Crippen LogP contribution is -2.35. The number of anilines is 1. The number of carboxylic acids is 1. The quantitative estimate of drug-likeness (QED) is 0.421. The number of rotatable bonds is 6. The van der Waals surface area contributed by atoms with Crippen molar-refractivity contribution in [3.05, 3.63) is 71.5 Å². The number of carboxylic acid groups (broad SMARTS) is 1. The van der Waals surface area contributed by atoms with Crippen LogP contribution in [0.25, 0.3) is 0 Å². The van der Waals surface area contributed by atoms with Crippen LogP contribution in [0.3, 0.4) is 0 Å². The highest BCUT2D eigenvalue weighted by Gasteiger charge is 2.38. The second kappa shape index (κ2) is 11.6. The summed E-state index contributed by atoms with van der Waals surface area (Å²) in [7, 11) is -3.73. The summed E-state index contributed by atoms with van der Waals surface area (Å²) >= 11 is 0. The third-order valence-corrected chi connectivity index (χ3v) is 7.07. The molecule has 0 aliphatic carbocycles. The number of carbonyl (C=O) groups is 2. The Balaban J connectivity index is 0.000000505. The number of hydrogen-bond donors (Lipinski definition) is 3. The Bertz CT molecular complexity index is 1390. The van der Waals surface area contributed by atoms with Gasteiger partial charge in [0.05, 0.1) is 17.2 Å². The van der Waals surface area contributed by atoms with E-state index in [0.717, 1.165) is 11.3 Å². The first-order chi connectivity index (χ1) is 17.8. The van der Waals surface area contributed by atoms with Crippen molar-refractivity contribution < 1.29 is 41.0 Å². The second-order valence-corrected chi connectivity index (χ2v) is 10.4. The monoisotopic (exact) mass is 554 g/mol. The Morgan fingerprint density at radius 3 is 2.42 bits per heavy atom. The van der Waals surface area contributed by atoms with Crippen LogP contribution in [0.4, 0.5) is 18.9 Å². The molecule has 0 spiro atoms. The van der Waals surface area contributed by atoms with Gasteiger partial charge in [0.1, 0.15) is 5.75 Å². The Hall–Kier alpha value is -3.91. The van der Waals surface area contributed by atoms with Gasteiger partial charge < -0.3 is 15.2 Å². The molecule has 0 saturated carbocycles. The maximum atomic E-state index is 13.1. The van der Waals surface area contributed by atoms with Gasteiger partial charge in [0.2, 0.25) is 10.0 Å². The fourth-order valence-electron chi connectivity index (χ4n) is 3.44.